The smallest absolute Gasteiger partial charge is 0.273 e. The van der Waals surface area contributed by atoms with Gasteiger partial charge in [-0.3, -0.25) is 9.59 Å². The predicted molar refractivity (Wildman–Crippen MR) is 150 cm³/mol. The van der Waals surface area contributed by atoms with Crippen molar-refractivity contribution in [2.24, 2.45) is 0 Å². The Bertz CT molecular complexity index is 1350. The first-order chi connectivity index (χ1) is 18.9. The number of ether oxygens (including phenoxy) is 3. The summed E-state index contributed by atoms with van der Waals surface area (Å²) in [6, 6.07) is 5.77. The molecule has 3 aromatic rings. The third-order valence-corrected chi connectivity index (χ3v) is 8.14. The minimum atomic E-state index is -0.125. The molecule has 2 fully saturated rings. The number of amides is 2. The molecule has 5 rings (SSSR count). The van der Waals surface area contributed by atoms with Crippen LogP contribution in [0.5, 0.6) is 11.5 Å². The molecule has 2 amide bonds. The third-order valence-electron chi connectivity index (χ3n) is 7.36. The second kappa shape index (κ2) is 11.7. The van der Waals surface area contributed by atoms with Gasteiger partial charge in [-0.25, -0.2) is 9.97 Å². The van der Waals surface area contributed by atoms with E-state index in [1.165, 1.54) is 11.3 Å². The monoisotopic (exact) mass is 553 g/mol. The number of carbonyl (C=O) groups is 2. The molecule has 2 saturated heterocycles. The van der Waals surface area contributed by atoms with Crippen LogP contribution in [0.1, 0.15) is 40.8 Å². The van der Waals surface area contributed by atoms with Gasteiger partial charge >= 0.3 is 0 Å². The quantitative estimate of drug-likeness (QED) is 0.418. The van der Waals surface area contributed by atoms with Crippen molar-refractivity contribution in [1.82, 2.24) is 19.8 Å². The fourth-order valence-electron chi connectivity index (χ4n) is 5.29. The molecule has 0 bridgehead atoms. The van der Waals surface area contributed by atoms with E-state index in [1.807, 2.05) is 34.2 Å². The van der Waals surface area contributed by atoms with Crippen LogP contribution in [0.3, 0.4) is 0 Å². The molecule has 1 atom stereocenters. The van der Waals surface area contributed by atoms with Crippen LogP contribution in [-0.4, -0.2) is 91.2 Å². The van der Waals surface area contributed by atoms with Gasteiger partial charge in [0.1, 0.15) is 28.5 Å². The Labute approximate surface area is 232 Å². The number of fused-ring (bicyclic) bond motifs is 1. The molecule has 0 spiro atoms. The number of nitrogens with zero attached hydrogens (tertiary/aromatic N) is 5. The molecule has 208 valence electrons. The molecule has 11 heteroatoms. The fraction of sp³-hybridized carbons (Fsp3) is 0.500. The van der Waals surface area contributed by atoms with Crippen LogP contribution >= 0.6 is 11.3 Å². The summed E-state index contributed by atoms with van der Waals surface area (Å²) in [5, 5.41) is 3.48. The summed E-state index contributed by atoms with van der Waals surface area (Å²) in [6.07, 6.45) is 1.89. The van der Waals surface area contributed by atoms with Gasteiger partial charge in [0.15, 0.2) is 0 Å². The maximum atomic E-state index is 13.7. The van der Waals surface area contributed by atoms with Gasteiger partial charge in [-0.1, -0.05) is 0 Å². The molecule has 2 aliphatic heterocycles. The summed E-state index contributed by atoms with van der Waals surface area (Å²) in [5.41, 5.74) is 2.03. The number of pyridine rings is 1. The van der Waals surface area contributed by atoms with Crippen molar-refractivity contribution in [3.05, 3.63) is 39.8 Å². The zero-order chi connectivity index (χ0) is 27.5. The number of thiazole rings is 1. The van der Waals surface area contributed by atoms with Crippen LogP contribution in [0.25, 0.3) is 10.9 Å². The first-order valence-electron chi connectivity index (χ1n) is 13.3. The van der Waals surface area contributed by atoms with Gasteiger partial charge in [-0.05, 0) is 38.0 Å². The summed E-state index contributed by atoms with van der Waals surface area (Å²) in [5.74, 6) is 2.04. The van der Waals surface area contributed by atoms with Crippen molar-refractivity contribution in [2.45, 2.75) is 39.3 Å². The van der Waals surface area contributed by atoms with Crippen LogP contribution < -0.4 is 14.4 Å². The number of carbonyl (C=O) groups excluding carboxylic acids is 2. The molecule has 39 heavy (non-hydrogen) atoms. The predicted octanol–water partition coefficient (Wildman–Crippen LogP) is 3.51. The molecule has 0 radical (unpaired) electrons. The fourth-order valence-corrected chi connectivity index (χ4v) is 5.88. The Morgan fingerprint density at radius 2 is 1.87 bits per heavy atom. The highest BCUT2D eigenvalue weighted by atomic mass is 32.1. The number of benzene rings is 1. The normalized spacial score (nSPS) is 17.5. The number of rotatable bonds is 8. The lowest BCUT2D eigenvalue weighted by Crippen LogP contribution is -2.48. The molecule has 1 unspecified atom stereocenters. The molecule has 4 heterocycles. The van der Waals surface area contributed by atoms with Gasteiger partial charge in [0.05, 0.1) is 25.3 Å². The summed E-state index contributed by atoms with van der Waals surface area (Å²) in [6.45, 7) is 7.52. The topological polar surface area (TPSA) is 97.3 Å². The highest BCUT2D eigenvalue weighted by Crippen LogP contribution is 2.36. The van der Waals surface area contributed by atoms with E-state index in [2.05, 4.69) is 16.0 Å². The highest BCUT2D eigenvalue weighted by Gasteiger charge is 2.29. The van der Waals surface area contributed by atoms with Gasteiger partial charge in [0, 0.05) is 69.1 Å². The van der Waals surface area contributed by atoms with Gasteiger partial charge in [0.25, 0.3) is 5.91 Å². The van der Waals surface area contributed by atoms with Crippen LogP contribution in [0.15, 0.2) is 23.6 Å². The van der Waals surface area contributed by atoms with Crippen molar-refractivity contribution < 1.29 is 23.8 Å². The maximum absolute atomic E-state index is 13.7. The van der Waals surface area contributed by atoms with Crippen LogP contribution in [0, 0.1) is 6.92 Å². The average molecular weight is 554 g/mol. The van der Waals surface area contributed by atoms with E-state index >= 15 is 0 Å². The van der Waals surface area contributed by atoms with E-state index in [4.69, 9.17) is 19.2 Å². The third kappa shape index (κ3) is 5.79. The minimum absolute atomic E-state index is 0.0145. The Morgan fingerprint density at radius 1 is 1.13 bits per heavy atom. The Morgan fingerprint density at radius 3 is 2.49 bits per heavy atom. The van der Waals surface area contributed by atoms with Gasteiger partial charge in [-0.15, -0.1) is 11.3 Å². The second-order valence-corrected chi connectivity index (χ2v) is 11.0. The number of hydrogen-bond acceptors (Lipinski definition) is 9. The molecular formula is C28H35N5O5S. The van der Waals surface area contributed by atoms with E-state index in [-0.39, 0.29) is 17.9 Å². The largest absolute Gasteiger partial charge is 0.496 e. The Balaban J connectivity index is 1.57. The van der Waals surface area contributed by atoms with Crippen LogP contribution in [-0.2, 0) is 16.1 Å². The number of hydrogen-bond donors (Lipinski definition) is 0. The molecule has 0 N–H and O–H groups in total. The maximum Gasteiger partial charge on any atom is 0.273 e. The van der Waals surface area contributed by atoms with E-state index in [0.717, 1.165) is 34.6 Å². The van der Waals surface area contributed by atoms with E-state index in [1.54, 1.807) is 21.1 Å². The van der Waals surface area contributed by atoms with Crippen molar-refractivity contribution in [2.75, 3.05) is 58.5 Å². The van der Waals surface area contributed by atoms with Crippen LogP contribution in [0.2, 0.25) is 0 Å². The molecular weight excluding hydrogens is 518 g/mol. The van der Waals surface area contributed by atoms with Crippen molar-refractivity contribution in [3.8, 4) is 11.5 Å². The number of methoxy groups -OCH3 is 2. The van der Waals surface area contributed by atoms with Crippen molar-refractivity contribution in [1.29, 1.82) is 0 Å². The second-order valence-electron chi connectivity index (χ2n) is 9.90. The lowest BCUT2D eigenvalue weighted by molar-refractivity contribution is -0.129. The zero-order valence-electron chi connectivity index (χ0n) is 22.9. The summed E-state index contributed by atoms with van der Waals surface area (Å²) in [7, 11) is 3.26. The van der Waals surface area contributed by atoms with E-state index in [9.17, 15) is 9.59 Å². The zero-order valence-corrected chi connectivity index (χ0v) is 23.8. The van der Waals surface area contributed by atoms with Crippen molar-refractivity contribution in [3.63, 3.8) is 0 Å². The molecule has 2 aliphatic rings. The number of aryl methyl sites for hydroxylation is 1. The average Bonchev–Trinajstić information content (AvgIpc) is 3.63. The SMILES string of the molecule is COc1ccc(OC)c2nc(N3CCN(C(C)=O)CC3)c(CN(CC3CCCO3)C(=O)c3csc(C)n3)cc12. The molecule has 10 nitrogen and oxygen atoms in total. The lowest BCUT2D eigenvalue weighted by atomic mass is 10.1. The molecule has 0 aliphatic carbocycles. The minimum Gasteiger partial charge on any atom is -0.496 e. The summed E-state index contributed by atoms with van der Waals surface area (Å²) >= 11 is 1.47. The Kier molecular flexibility index (Phi) is 8.18. The first kappa shape index (κ1) is 27.1. The first-order valence-corrected chi connectivity index (χ1v) is 14.1. The molecule has 0 saturated carbocycles. The molecule has 1 aromatic carbocycles. The number of anilines is 1. The van der Waals surface area contributed by atoms with Gasteiger partial charge < -0.3 is 28.9 Å². The molecule has 2 aromatic heterocycles. The van der Waals surface area contributed by atoms with Gasteiger partial charge in [0.2, 0.25) is 5.91 Å². The van der Waals surface area contributed by atoms with E-state index < -0.39 is 0 Å². The van der Waals surface area contributed by atoms with Gasteiger partial charge in [-0.2, -0.15) is 0 Å². The number of piperazine rings is 1. The lowest BCUT2D eigenvalue weighted by Gasteiger charge is -2.36. The van der Waals surface area contributed by atoms with E-state index in [0.29, 0.717) is 68.6 Å². The van der Waals surface area contributed by atoms with Crippen molar-refractivity contribution >= 4 is 39.9 Å². The summed E-state index contributed by atoms with van der Waals surface area (Å²) < 4.78 is 17.2. The number of aromatic nitrogens is 2. The standard InChI is InChI=1S/C28H35N5O5S/c1-18-29-23(17-39-18)28(35)33(16-21-6-5-13-38-21)15-20-14-22-24(36-3)7-8-25(37-4)26(22)30-27(20)32-11-9-31(10-12-32)19(2)34/h7-8,14,17,21H,5-6,9-13,15-16H2,1-4H3. The highest BCUT2D eigenvalue weighted by molar-refractivity contribution is 7.09. The Hall–Kier alpha value is -3.44. The van der Waals surface area contributed by atoms with Crippen LogP contribution in [0.4, 0.5) is 5.82 Å². The summed E-state index contributed by atoms with van der Waals surface area (Å²) in [4.78, 5) is 41.1.